The number of amides is 1. The lowest BCUT2D eigenvalue weighted by Gasteiger charge is -2.46. The molecule has 3 rings (SSSR count). The van der Waals surface area contributed by atoms with Gasteiger partial charge in [0.05, 0.1) is 14.2 Å². The number of piperidine rings is 2. The molecule has 5 heteroatoms. The van der Waals surface area contributed by atoms with Gasteiger partial charge in [-0.1, -0.05) is 6.07 Å². The van der Waals surface area contributed by atoms with Crippen molar-refractivity contribution < 1.29 is 14.3 Å². The molecule has 1 aromatic carbocycles. The van der Waals surface area contributed by atoms with Gasteiger partial charge in [-0.25, -0.2) is 0 Å². The van der Waals surface area contributed by atoms with Gasteiger partial charge in [-0.2, -0.15) is 0 Å². The van der Waals surface area contributed by atoms with Crippen molar-refractivity contribution in [3.05, 3.63) is 23.8 Å². The summed E-state index contributed by atoms with van der Waals surface area (Å²) in [5.41, 5.74) is 0.553. The van der Waals surface area contributed by atoms with Crippen LogP contribution in [0.2, 0.25) is 0 Å². The fourth-order valence-electron chi connectivity index (χ4n) is 4.04. The lowest BCUT2D eigenvalue weighted by Crippen LogP contribution is -2.55. The molecular weight excluding hydrogens is 292 g/mol. The Hall–Kier alpha value is -1.75. The number of hydrogen-bond acceptors (Lipinski definition) is 4. The molecule has 0 aromatic heterocycles. The molecule has 2 saturated heterocycles. The number of methoxy groups -OCH3 is 2. The lowest BCUT2D eigenvalue weighted by atomic mass is 9.83. The number of fused-ring (bicyclic) bond motifs is 1. The van der Waals surface area contributed by atoms with Gasteiger partial charge in [0, 0.05) is 19.1 Å². The van der Waals surface area contributed by atoms with E-state index in [-0.39, 0.29) is 5.91 Å². The number of hydrogen-bond donors (Lipinski definition) is 0. The van der Waals surface area contributed by atoms with Crippen LogP contribution in [0.25, 0.3) is 0 Å². The first-order valence-electron chi connectivity index (χ1n) is 8.36. The zero-order valence-corrected chi connectivity index (χ0v) is 14.2. The molecule has 126 valence electrons. The third-order valence-corrected chi connectivity index (χ3v) is 5.17. The molecule has 0 radical (unpaired) electrons. The fourth-order valence-corrected chi connectivity index (χ4v) is 4.04. The summed E-state index contributed by atoms with van der Waals surface area (Å²) < 4.78 is 10.8. The first-order valence-corrected chi connectivity index (χ1v) is 8.36. The maximum absolute atomic E-state index is 13.2. The number of carbonyl (C=O) groups is 1. The van der Waals surface area contributed by atoms with Crippen molar-refractivity contribution in [1.82, 2.24) is 9.80 Å². The highest BCUT2D eigenvalue weighted by Gasteiger charge is 2.38. The Kier molecular flexibility index (Phi) is 4.76. The van der Waals surface area contributed by atoms with Gasteiger partial charge in [-0.15, -0.1) is 0 Å². The molecule has 0 N–H and O–H groups in total. The molecule has 2 aliphatic heterocycles. The average molecular weight is 318 g/mol. The molecular formula is C18H26N2O3. The lowest BCUT2D eigenvalue weighted by molar-refractivity contribution is 0.0249. The smallest absolute Gasteiger partial charge is 0.261 e. The van der Waals surface area contributed by atoms with E-state index < -0.39 is 0 Å². The molecule has 2 atom stereocenters. The summed E-state index contributed by atoms with van der Waals surface area (Å²) in [4.78, 5) is 17.7. The Morgan fingerprint density at radius 1 is 1.13 bits per heavy atom. The highest BCUT2D eigenvalue weighted by molar-refractivity contribution is 6.00. The molecule has 1 amide bonds. The largest absolute Gasteiger partial charge is 0.496 e. The molecule has 0 unspecified atom stereocenters. The van der Waals surface area contributed by atoms with Gasteiger partial charge in [0.25, 0.3) is 5.91 Å². The van der Waals surface area contributed by atoms with Crippen molar-refractivity contribution in [2.75, 3.05) is 40.9 Å². The Bertz CT molecular complexity index is 553. The van der Waals surface area contributed by atoms with Gasteiger partial charge in [0.15, 0.2) is 0 Å². The van der Waals surface area contributed by atoms with Gasteiger partial charge < -0.3 is 19.3 Å². The third-order valence-electron chi connectivity index (χ3n) is 5.17. The van der Waals surface area contributed by atoms with E-state index in [0.717, 1.165) is 32.5 Å². The van der Waals surface area contributed by atoms with Crippen LogP contribution in [-0.4, -0.2) is 62.7 Å². The molecule has 0 saturated carbocycles. The second-order valence-corrected chi connectivity index (χ2v) is 6.56. The topological polar surface area (TPSA) is 42.0 Å². The Morgan fingerprint density at radius 3 is 2.48 bits per heavy atom. The monoisotopic (exact) mass is 318 g/mol. The second-order valence-electron chi connectivity index (χ2n) is 6.56. The summed E-state index contributed by atoms with van der Waals surface area (Å²) in [7, 11) is 5.36. The minimum atomic E-state index is 0.0403. The van der Waals surface area contributed by atoms with E-state index in [1.165, 1.54) is 6.42 Å². The molecule has 0 bridgehead atoms. The van der Waals surface area contributed by atoms with Crippen LogP contribution in [0.1, 0.15) is 29.6 Å². The van der Waals surface area contributed by atoms with Crippen LogP contribution in [-0.2, 0) is 0 Å². The predicted molar refractivity (Wildman–Crippen MR) is 89.2 cm³/mol. The Labute approximate surface area is 138 Å². The summed E-state index contributed by atoms with van der Waals surface area (Å²) >= 11 is 0. The van der Waals surface area contributed by atoms with E-state index in [1.807, 2.05) is 18.2 Å². The van der Waals surface area contributed by atoms with Crippen LogP contribution >= 0.6 is 0 Å². The normalized spacial score (nSPS) is 24.9. The van der Waals surface area contributed by atoms with E-state index in [9.17, 15) is 4.79 Å². The maximum Gasteiger partial charge on any atom is 0.261 e. The number of rotatable bonds is 3. The molecule has 2 aliphatic rings. The average Bonchev–Trinajstić information content (AvgIpc) is 2.59. The molecule has 5 nitrogen and oxygen atoms in total. The third kappa shape index (κ3) is 3.02. The molecule has 2 heterocycles. The van der Waals surface area contributed by atoms with Crippen molar-refractivity contribution in [3.8, 4) is 11.5 Å². The summed E-state index contributed by atoms with van der Waals surface area (Å²) in [6.07, 6.45) is 3.32. The van der Waals surface area contributed by atoms with Crippen LogP contribution in [0.15, 0.2) is 18.2 Å². The predicted octanol–water partition coefficient (Wildman–Crippen LogP) is 2.26. The van der Waals surface area contributed by atoms with Crippen LogP contribution in [0.3, 0.4) is 0 Å². The van der Waals surface area contributed by atoms with Gasteiger partial charge >= 0.3 is 0 Å². The van der Waals surface area contributed by atoms with Crippen molar-refractivity contribution >= 4 is 5.91 Å². The van der Waals surface area contributed by atoms with Crippen LogP contribution in [0, 0.1) is 5.92 Å². The van der Waals surface area contributed by atoms with Gasteiger partial charge in [0.2, 0.25) is 0 Å². The first-order chi connectivity index (χ1) is 11.2. The highest BCUT2D eigenvalue weighted by Crippen LogP contribution is 2.35. The second kappa shape index (κ2) is 6.79. The summed E-state index contributed by atoms with van der Waals surface area (Å²) in [6, 6.07) is 5.84. The Morgan fingerprint density at radius 2 is 1.83 bits per heavy atom. The minimum absolute atomic E-state index is 0.0403. The molecule has 1 aromatic rings. The van der Waals surface area contributed by atoms with Crippen LogP contribution in [0.5, 0.6) is 11.5 Å². The highest BCUT2D eigenvalue weighted by atomic mass is 16.5. The van der Waals surface area contributed by atoms with E-state index in [1.54, 1.807) is 14.2 Å². The number of ether oxygens (including phenoxy) is 2. The fraction of sp³-hybridized carbons (Fsp3) is 0.611. The van der Waals surface area contributed by atoms with Gasteiger partial charge in [0.1, 0.15) is 17.1 Å². The molecule has 2 fully saturated rings. The van der Waals surface area contributed by atoms with Crippen LogP contribution in [0.4, 0.5) is 0 Å². The summed E-state index contributed by atoms with van der Waals surface area (Å²) in [5.74, 6) is 1.79. The van der Waals surface area contributed by atoms with Crippen LogP contribution < -0.4 is 9.47 Å². The van der Waals surface area contributed by atoms with E-state index >= 15 is 0 Å². The standard InChI is InChI=1S/C18H26N2O3/c1-19-11-9-14-13(12-19)6-5-10-20(14)18(21)17-15(22-2)7-4-8-16(17)23-3/h4,7-8,13-14H,5-6,9-12H2,1-3H3/t13-,14+/m0/s1. The molecule has 0 spiro atoms. The maximum atomic E-state index is 13.2. The summed E-state index contributed by atoms with van der Waals surface area (Å²) in [5, 5.41) is 0. The van der Waals surface area contributed by atoms with E-state index in [0.29, 0.717) is 29.0 Å². The number of likely N-dealkylation sites (tertiary alicyclic amines) is 2. The van der Waals surface area contributed by atoms with Crippen molar-refractivity contribution in [2.45, 2.75) is 25.3 Å². The summed E-state index contributed by atoms with van der Waals surface area (Å²) in [6.45, 7) is 2.95. The Balaban J connectivity index is 1.91. The number of benzene rings is 1. The number of nitrogens with zero attached hydrogens (tertiary/aromatic N) is 2. The minimum Gasteiger partial charge on any atom is -0.496 e. The zero-order valence-electron chi connectivity index (χ0n) is 14.2. The van der Waals surface area contributed by atoms with Gasteiger partial charge in [-0.3, -0.25) is 4.79 Å². The van der Waals surface area contributed by atoms with Crippen molar-refractivity contribution in [2.24, 2.45) is 5.92 Å². The molecule has 0 aliphatic carbocycles. The van der Waals surface area contributed by atoms with E-state index in [2.05, 4.69) is 16.8 Å². The van der Waals surface area contributed by atoms with Crippen molar-refractivity contribution in [1.29, 1.82) is 0 Å². The molecule has 23 heavy (non-hydrogen) atoms. The van der Waals surface area contributed by atoms with Gasteiger partial charge in [-0.05, 0) is 50.9 Å². The quantitative estimate of drug-likeness (QED) is 0.857. The SMILES string of the molecule is COc1cccc(OC)c1C(=O)N1CCC[C@H]2CN(C)CC[C@H]21. The van der Waals surface area contributed by atoms with E-state index in [4.69, 9.17) is 9.47 Å². The first kappa shape index (κ1) is 16.1. The number of carbonyl (C=O) groups excluding carboxylic acids is 1. The van der Waals surface area contributed by atoms with Crippen molar-refractivity contribution in [3.63, 3.8) is 0 Å². The zero-order chi connectivity index (χ0) is 16.4.